The summed E-state index contributed by atoms with van der Waals surface area (Å²) in [4.78, 5) is 13.2. The summed E-state index contributed by atoms with van der Waals surface area (Å²) in [6, 6.07) is 24.9. The van der Waals surface area contributed by atoms with Crippen molar-refractivity contribution in [1.29, 1.82) is 0 Å². The smallest absolute Gasteiger partial charge is 0.260 e. The van der Waals surface area contributed by atoms with E-state index in [2.05, 4.69) is 11.4 Å². The largest absolute Gasteiger partial charge is 0.497 e. The van der Waals surface area contributed by atoms with Gasteiger partial charge >= 0.3 is 0 Å². The Morgan fingerprint density at radius 2 is 1.42 bits per heavy atom. The SMILES string of the molecule is COc1cccc(NC(=O)c2c(OC)ccc3cc(-c4cccc(OC)c4)ccc23)c1. The first-order valence-electron chi connectivity index (χ1n) is 9.83. The number of benzene rings is 4. The lowest BCUT2D eigenvalue weighted by Gasteiger charge is -2.14. The molecule has 0 aliphatic heterocycles. The highest BCUT2D eigenvalue weighted by Gasteiger charge is 2.17. The van der Waals surface area contributed by atoms with Gasteiger partial charge in [-0.25, -0.2) is 0 Å². The molecular weight excluding hydrogens is 390 g/mol. The van der Waals surface area contributed by atoms with Crippen LogP contribution in [0.3, 0.4) is 0 Å². The third-order valence-corrected chi connectivity index (χ3v) is 5.16. The molecule has 1 N–H and O–H groups in total. The zero-order chi connectivity index (χ0) is 21.8. The Kier molecular flexibility index (Phi) is 5.76. The van der Waals surface area contributed by atoms with Gasteiger partial charge in [-0.15, -0.1) is 0 Å². The minimum atomic E-state index is -0.246. The van der Waals surface area contributed by atoms with Crippen LogP contribution in [-0.4, -0.2) is 27.2 Å². The minimum absolute atomic E-state index is 0.246. The quantitative estimate of drug-likeness (QED) is 0.435. The van der Waals surface area contributed by atoms with Crippen LogP contribution in [0.5, 0.6) is 17.2 Å². The molecule has 0 aromatic heterocycles. The number of anilines is 1. The van der Waals surface area contributed by atoms with Crippen molar-refractivity contribution in [3.05, 3.63) is 84.4 Å². The lowest BCUT2D eigenvalue weighted by molar-refractivity contribution is 0.102. The van der Waals surface area contributed by atoms with E-state index >= 15 is 0 Å². The number of carbonyl (C=O) groups excluding carboxylic acids is 1. The number of carbonyl (C=O) groups is 1. The first-order valence-corrected chi connectivity index (χ1v) is 9.83. The van der Waals surface area contributed by atoms with Gasteiger partial charge in [-0.3, -0.25) is 4.79 Å². The zero-order valence-electron chi connectivity index (χ0n) is 17.6. The van der Waals surface area contributed by atoms with Crippen LogP contribution in [0.4, 0.5) is 5.69 Å². The number of hydrogen-bond acceptors (Lipinski definition) is 4. The summed E-state index contributed by atoms with van der Waals surface area (Å²) in [5.74, 6) is 1.74. The maximum atomic E-state index is 13.2. The van der Waals surface area contributed by atoms with Gasteiger partial charge in [0.2, 0.25) is 0 Å². The molecule has 0 aliphatic carbocycles. The molecule has 4 aromatic carbocycles. The van der Waals surface area contributed by atoms with E-state index in [9.17, 15) is 4.79 Å². The third-order valence-electron chi connectivity index (χ3n) is 5.16. The summed E-state index contributed by atoms with van der Waals surface area (Å²) in [6.45, 7) is 0. The number of methoxy groups -OCH3 is 3. The number of amides is 1. The highest BCUT2D eigenvalue weighted by molar-refractivity contribution is 6.15. The predicted octanol–water partition coefficient (Wildman–Crippen LogP) is 5.78. The fraction of sp³-hybridized carbons (Fsp3) is 0.115. The topological polar surface area (TPSA) is 56.8 Å². The van der Waals surface area contributed by atoms with Gasteiger partial charge in [-0.1, -0.05) is 36.4 Å². The molecule has 4 aromatic rings. The van der Waals surface area contributed by atoms with E-state index in [1.807, 2.05) is 66.7 Å². The second kappa shape index (κ2) is 8.79. The Morgan fingerprint density at radius 3 is 2.16 bits per heavy atom. The molecule has 31 heavy (non-hydrogen) atoms. The molecule has 5 nitrogen and oxygen atoms in total. The summed E-state index contributed by atoms with van der Waals surface area (Å²) in [5.41, 5.74) is 3.21. The highest BCUT2D eigenvalue weighted by atomic mass is 16.5. The molecule has 0 radical (unpaired) electrons. The normalized spacial score (nSPS) is 10.5. The van der Waals surface area contributed by atoms with Gasteiger partial charge in [0.05, 0.1) is 26.9 Å². The van der Waals surface area contributed by atoms with Crippen molar-refractivity contribution < 1.29 is 19.0 Å². The van der Waals surface area contributed by atoms with E-state index in [0.29, 0.717) is 22.7 Å². The van der Waals surface area contributed by atoms with Crippen LogP contribution < -0.4 is 19.5 Å². The second-order valence-corrected chi connectivity index (χ2v) is 7.00. The highest BCUT2D eigenvalue weighted by Crippen LogP contribution is 2.33. The van der Waals surface area contributed by atoms with Crippen molar-refractivity contribution in [2.24, 2.45) is 0 Å². The molecule has 0 fully saturated rings. The molecule has 0 saturated carbocycles. The van der Waals surface area contributed by atoms with E-state index in [4.69, 9.17) is 14.2 Å². The molecule has 0 bridgehead atoms. The molecule has 4 rings (SSSR count). The van der Waals surface area contributed by atoms with Gasteiger partial charge in [0.15, 0.2) is 0 Å². The average molecular weight is 413 g/mol. The fourth-order valence-corrected chi connectivity index (χ4v) is 3.59. The van der Waals surface area contributed by atoms with Crippen LogP contribution in [0, 0.1) is 0 Å². The van der Waals surface area contributed by atoms with Crippen LogP contribution >= 0.6 is 0 Å². The average Bonchev–Trinajstić information content (AvgIpc) is 2.82. The molecule has 156 valence electrons. The van der Waals surface area contributed by atoms with E-state index < -0.39 is 0 Å². The van der Waals surface area contributed by atoms with Gasteiger partial charge in [-0.05, 0) is 58.3 Å². The van der Waals surface area contributed by atoms with Gasteiger partial charge < -0.3 is 19.5 Å². The summed E-state index contributed by atoms with van der Waals surface area (Å²) < 4.78 is 16.1. The molecule has 0 heterocycles. The molecule has 1 amide bonds. The van der Waals surface area contributed by atoms with E-state index in [0.717, 1.165) is 27.6 Å². The molecule has 0 unspecified atom stereocenters. The number of rotatable bonds is 6. The van der Waals surface area contributed by atoms with Gasteiger partial charge in [0.1, 0.15) is 17.2 Å². The van der Waals surface area contributed by atoms with Crippen molar-refractivity contribution in [3.63, 3.8) is 0 Å². The minimum Gasteiger partial charge on any atom is -0.497 e. The standard InChI is InChI=1S/C26H23NO4/c1-29-21-8-4-6-17(15-21)18-10-12-23-19(14-18)11-13-24(31-3)25(23)26(28)27-20-7-5-9-22(16-20)30-2/h4-16H,1-3H3,(H,27,28). The van der Waals surface area contributed by atoms with E-state index in [1.54, 1.807) is 27.4 Å². The number of ether oxygens (including phenoxy) is 3. The van der Waals surface area contributed by atoms with E-state index in [-0.39, 0.29) is 5.91 Å². The molecule has 0 saturated heterocycles. The van der Waals surface area contributed by atoms with Crippen molar-refractivity contribution >= 4 is 22.4 Å². The van der Waals surface area contributed by atoms with Crippen LogP contribution in [0.25, 0.3) is 21.9 Å². The summed E-state index contributed by atoms with van der Waals surface area (Å²) in [7, 11) is 4.81. The Labute approximate surface area is 181 Å². The van der Waals surface area contributed by atoms with Crippen LogP contribution in [-0.2, 0) is 0 Å². The van der Waals surface area contributed by atoms with Crippen LogP contribution in [0.15, 0.2) is 78.9 Å². The maximum Gasteiger partial charge on any atom is 0.260 e. The van der Waals surface area contributed by atoms with Crippen molar-refractivity contribution in [3.8, 4) is 28.4 Å². The first kappa shape index (κ1) is 20.3. The second-order valence-electron chi connectivity index (χ2n) is 7.00. The van der Waals surface area contributed by atoms with E-state index in [1.165, 1.54) is 0 Å². The van der Waals surface area contributed by atoms with Gasteiger partial charge in [0, 0.05) is 11.8 Å². The van der Waals surface area contributed by atoms with Gasteiger partial charge in [0.25, 0.3) is 5.91 Å². The van der Waals surface area contributed by atoms with Crippen LogP contribution in [0.1, 0.15) is 10.4 Å². The molecule has 5 heteroatoms. The Balaban J connectivity index is 1.75. The summed E-state index contributed by atoms with van der Waals surface area (Å²) in [5, 5.41) is 4.70. The monoisotopic (exact) mass is 413 g/mol. The zero-order valence-corrected chi connectivity index (χ0v) is 17.6. The predicted molar refractivity (Wildman–Crippen MR) is 123 cm³/mol. The lowest BCUT2D eigenvalue weighted by Crippen LogP contribution is -2.14. The number of hydrogen-bond donors (Lipinski definition) is 1. The summed E-state index contributed by atoms with van der Waals surface area (Å²) >= 11 is 0. The molecule has 0 spiro atoms. The first-order chi connectivity index (χ1) is 15.1. The number of nitrogens with one attached hydrogen (secondary N) is 1. The maximum absolute atomic E-state index is 13.2. The van der Waals surface area contributed by atoms with Crippen molar-refractivity contribution in [1.82, 2.24) is 0 Å². The molecule has 0 aliphatic rings. The Hall–Kier alpha value is -3.99. The summed E-state index contributed by atoms with van der Waals surface area (Å²) in [6.07, 6.45) is 0. The van der Waals surface area contributed by atoms with Crippen molar-refractivity contribution in [2.75, 3.05) is 26.6 Å². The van der Waals surface area contributed by atoms with Crippen LogP contribution in [0.2, 0.25) is 0 Å². The van der Waals surface area contributed by atoms with Gasteiger partial charge in [-0.2, -0.15) is 0 Å². The molecular formula is C26H23NO4. The lowest BCUT2D eigenvalue weighted by atomic mass is 9.97. The van der Waals surface area contributed by atoms with Crippen molar-refractivity contribution in [2.45, 2.75) is 0 Å². The fourth-order valence-electron chi connectivity index (χ4n) is 3.59. The number of fused-ring (bicyclic) bond motifs is 1. The third kappa shape index (κ3) is 4.16. The molecule has 0 atom stereocenters. The Bertz CT molecular complexity index is 1250. The Morgan fingerprint density at radius 1 is 0.710 bits per heavy atom.